The van der Waals surface area contributed by atoms with Crippen LogP contribution < -0.4 is 15.4 Å². The van der Waals surface area contributed by atoms with E-state index in [9.17, 15) is 14.4 Å². The summed E-state index contributed by atoms with van der Waals surface area (Å²) in [5.74, 6) is -0.357. The third-order valence-corrected chi connectivity index (χ3v) is 6.24. The van der Waals surface area contributed by atoms with E-state index in [0.29, 0.717) is 52.8 Å². The number of aromatic nitrogens is 1. The van der Waals surface area contributed by atoms with Gasteiger partial charge in [0.05, 0.1) is 28.9 Å². The van der Waals surface area contributed by atoms with Gasteiger partial charge in [0, 0.05) is 18.1 Å². The molecule has 0 unspecified atom stereocenters. The third kappa shape index (κ3) is 6.20. The zero-order chi connectivity index (χ0) is 23.3. The highest BCUT2D eigenvalue weighted by atomic mass is 35.5. The van der Waals surface area contributed by atoms with Crippen LogP contribution in [0.15, 0.2) is 18.2 Å². The molecule has 8 nitrogen and oxygen atoms in total. The Labute approximate surface area is 196 Å². The number of hydrogen-bond donors (Lipinski definition) is 2. The second-order valence-corrected chi connectivity index (χ2v) is 9.40. The average molecular weight is 479 g/mol. The van der Waals surface area contributed by atoms with Crippen LogP contribution in [0.5, 0.6) is 5.75 Å². The van der Waals surface area contributed by atoms with Crippen LogP contribution in [0, 0.1) is 13.8 Å². The number of nitrogens with one attached hydrogen (secondary N) is 2. The van der Waals surface area contributed by atoms with E-state index in [0.717, 1.165) is 5.01 Å². The zero-order valence-corrected chi connectivity index (χ0v) is 19.9. The van der Waals surface area contributed by atoms with Crippen LogP contribution in [-0.2, 0) is 4.79 Å². The topological polar surface area (TPSA) is 101 Å². The number of nitrogens with zero attached hydrogens (tertiary/aromatic N) is 2. The number of hydrogen-bond acceptors (Lipinski definition) is 6. The van der Waals surface area contributed by atoms with Crippen LogP contribution in [0.1, 0.15) is 50.5 Å². The monoisotopic (exact) mass is 478 g/mol. The number of halogens is 1. The maximum atomic E-state index is 13.1. The van der Waals surface area contributed by atoms with Gasteiger partial charge in [0.1, 0.15) is 17.2 Å². The lowest BCUT2D eigenvalue weighted by atomic mass is 10.2. The number of ether oxygens (including phenoxy) is 1. The van der Waals surface area contributed by atoms with E-state index in [2.05, 4.69) is 15.6 Å². The average Bonchev–Trinajstić information content (AvgIpc) is 3.08. The molecule has 1 atom stereocenters. The first kappa shape index (κ1) is 24.0. The van der Waals surface area contributed by atoms with E-state index >= 15 is 0 Å². The molecule has 1 aliphatic rings. The highest BCUT2D eigenvalue weighted by molar-refractivity contribution is 7.13. The number of benzene rings is 1. The summed E-state index contributed by atoms with van der Waals surface area (Å²) in [6.07, 6.45) is 1.27. The molecule has 1 aliphatic heterocycles. The number of carbonyl (C=O) groups excluding carboxylic acids is 3. The van der Waals surface area contributed by atoms with E-state index in [1.54, 1.807) is 36.9 Å². The Morgan fingerprint density at radius 1 is 1.28 bits per heavy atom. The molecule has 0 bridgehead atoms. The Morgan fingerprint density at radius 2 is 2.06 bits per heavy atom. The molecular weight excluding hydrogens is 452 g/mol. The predicted octanol–water partition coefficient (Wildman–Crippen LogP) is 2.96. The molecule has 10 heteroatoms. The predicted molar refractivity (Wildman–Crippen MR) is 124 cm³/mol. The van der Waals surface area contributed by atoms with Gasteiger partial charge in [0.2, 0.25) is 5.91 Å². The molecule has 1 aromatic carbocycles. The molecule has 0 aliphatic carbocycles. The van der Waals surface area contributed by atoms with Crippen molar-refractivity contribution >= 4 is 40.7 Å². The van der Waals surface area contributed by atoms with Gasteiger partial charge in [-0.25, -0.2) is 4.98 Å². The van der Waals surface area contributed by atoms with Crippen LogP contribution in [0.3, 0.4) is 0 Å². The van der Waals surface area contributed by atoms with E-state index in [1.165, 1.54) is 11.3 Å². The third-order valence-electron chi connectivity index (χ3n) is 4.94. The molecule has 32 heavy (non-hydrogen) atoms. The largest absolute Gasteiger partial charge is 0.491 e. The van der Waals surface area contributed by atoms with Crippen molar-refractivity contribution in [2.75, 3.05) is 26.2 Å². The summed E-state index contributed by atoms with van der Waals surface area (Å²) in [4.78, 5) is 44.8. The van der Waals surface area contributed by atoms with Crippen molar-refractivity contribution < 1.29 is 19.1 Å². The molecule has 2 aromatic rings. The first-order chi connectivity index (χ1) is 15.2. The molecule has 0 fully saturated rings. The van der Waals surface area contributed by atoms with E-state index in [1.807, 2.05) is 6.92 Å². The maximum Gasteiger partial charge on any atom is 0.266 e. The van der Waals surface area contributed by atoms with E-state index in [4.69, 9.17) is 16.3 Å². The molecular formula is C22H27ClN4O4S. The number of aryl methyl sites for hydroxylation is 2. The van der Waals surface area contributed by atoms with Gasteiger partial charge in [0.25, 0.3) is 11.8 Å². The van der Waals surface area contributed by atoms with Crippen molar-refractivity contribution in [3.05, 3.63) is 44.4 Å². The molecule has 3 rings (SSSR count). The fraction of sp³-hybridized carbons (Fsp3) is 0.455. The van der Waals surface area contributed by atoms with E-state index in [-0.39, 0.29) is 36.9 Å². The van der Waals surface area contributed by atoms with Crippen molar-refractivity contribution in [3.63, 3.8) is 0 Å². The molecule has 172 valence electrons. The summed E-state index contributed by atoms with van der Waals surface area (Å²) in [6, 6.07) is 4.53. The van der Waals surface area contributed by atoms with Crippen molar-refractivity contribution in [2.24, 2.45) is 0 Å². The SMILES string of the molecule is Cc1nc(C)c(C(=O)N2CCCCNC(=O)c3cc(Cl)ccc3OC[C@H](C)NC(=O)C2)s1. The number of rotatable bonds is 1. The van der Waals surface area contributed by atoms with Gasteiger partial charge in [-0.2, -0.15) is 0 Å². The molecule has 0 spiro atoms. The minimum absolute atomic E-state index is 0.0574. The first-order valence-electron chi connectivity index (χ1n) is 10.5. The zero-order valence-electron chi connectivity index (χ0n) is 18.4. The normalized spacial score (nSPS) is 18.5. The molecule has 1 aromatic heterocycles. The Balaban J connectivity index is 1.77. The Hall–Kier alpha value is -2.65. The molecule has 2 heterocycles. The lowest BCUT2D eigenvalue weighted by Gasteiger charge is -2.23. The summed E-state index contributed by atoms with van der Waals surface area (Å²) in [6.45, 7) is 6.37. The smallest absolute Gasteiger partial charge is 0.266 e. The minimum Gasteiger partial charge on any atom is -0.491 e. The molecule has 2 N–H and O–H groups in total. The highest BCUT2D eigenvalue weighted by Crippen LogP contribution is 2.23. The number of fused-ring (bicyclic) bond motifs is 1. The fourth-order valence-corrected chi connectivity index (χ4v) is 4.47. The Bertz CT molecular complexity index is 1010. The molecule has 0 saturated heterocycles. The highest BCUT2D eigenvalue weighted by Gasteiger charge is 2.24. The van der Waals surface area contributed by atoms with Gasteiger partial charge in [-0.3, -0.25) is 14.4 Å². The molecule has 3 amide bonds. The van der Waals surface area contributed by atoms with Crippen molar-refractivity contribution in [1.82, 2.24) is 20.5 Å². The lowest BCUT2D eigenvalue weighted by Crippen LogP contribution is -2.45. The van der Waals surface area contributed by atoms with Crippen molar-refractivity contribution in [3.8, 4) is 5.75 Å². The summed E-state index contributed by atoms with van der Waals surface area (Å²) in [5.41, 5.74) is 1.01. The first-order valence-corrected chi connectivity index (χ1v) is 11.7. The van der Waals surface area contributed by atoms with Crippen LogP contribution in [-0.4, -0.2) is 59.9 Å². The lowest BCUT2D eigenvalue weighted by molar-refractivity contribution is -0.122. The second-order valence-electron chi connectivity index (χ2n) is 7.76. The van der Waals surface area contributed by atoms with Gasteiger partial charge >= 0.3 is 0 Å². The number of carbonyl (C=O) groups is 3. The van der Waals surface area contributed by atoms with Crippen LogP contribution >= 0.6 is 22.9 Å². The van der Waals surface area contributed by atoms with Gasteiger partial charge in [-0.15, -0.1) is 11.3 Å². The van der Waals surface area contributed by atoms with Gasteiger partial charge < -0.3 is 20.3 Å². The van der Waals surface area contributed by atoms with Gasteiger partial charge in [-0.1, -0.05) is 11.6 Å². The number of thiazole rings is 1. The second kappa shape index (κ2) is 10.8. The summed E-state index contributed by atoms with van der Waals surface area (Å²) < 4.78 is 5.79. The maximum absolute atomic E-state index is 13.1. The molecule has 0 radical (unpaired) electrons. The fourth-order valence-electron chi connectivity index (χ4n) is 3.41. The summed E-state index contributed by atoms with van der Waals surface area (Å²) in [7, 11) is 0. The Morgan fingerprint density at radius 3 is 2.78 bits per heavy atom. The van der Waals surface area contributed by atoms with Gasteiger partial charge in [-0.05, 0) is 51.8 Å². The van der Waals surface area contributed by atoms with Crippen molar-refractivity contribution in [1.29, 1.82) is 0 Å². The molecule has 0 saturated carbocycles. The summed E-state index contributed by atoms with van der Waals surface area (Å²) in [5, 5.41) is 6.98. The van der Waals surface area contributed by atoms with Crippen LogP contribution in [0.2, 0.25) is 5.02 Å². The van der Waals surface area contributed by atoms with Crippen LogP contribution in [0.4, 0.5) is 0 Å². The van der Waals surface area contributed by atoms with E-state index < -0.39 is 0 Å². The van der Waals surface area contributed by atoms with Gasteiger partial charge in [0.15, 0.2) is 0 Å². The Kier molecular flexibility index (Phi) is 8.09. The van der Waals surface area contributed by atoms with Crippen LogP contribution in [0.25, 0.3) is 0 Å². The standard InChI is InChI=1S/C22H27ClN4O4S/c1-13-12-31-18-7-6-16(23)10-17(18)21(29)24-8-4-5-9-27(11-19(28)25-13)22(30)20-14(2)26-15(3)32-20/h6-7,10,13H,4-5,8-9,11-12H2,1-3H3,(H,24,29)(H,25,28)/t13-/m0/s1. The number of amides is 3. The summed E-state index contributed by atoms with van der Waals surface area (Å²) >= 11 is 7.39. The minimum atomic E-state index is -0.330. The van der Waals surface area contributed by atoms with Crippen molar-refractivity contribution in [2.45, 2.75) is 39.7 Å². The quantitative estimate of drug-likeness (QED) is 0.656.